The molecule has 0 radical (unpaired) electrons. The standard InChI is InChI=1S/C27H38N4O/c1-18-13-23-24(27(5,6)12-11-26(23,3)4)14-22(18)17-31(19(2)32)16-21-9-7-20(8-10-21)15-30-25(28)29/h7-10,13-14H,11-12,15-17H2,1-6H3,(H4,28,29,30). The molecule has 0 aromatic heterocycles. The fraction of sp³-hybridized carbons (Fsp3) is 0.481. The summed E-state index contributed by atoms with van der Waals surface area (Å²) < 4.78 is 0. The van der Waals surface area contributed by atoms with Gasteiger partial charge in [-0.1, -0.05) is 64.1 Å². The normalized spacial score (nSPS) is 16.2. The van der Waals surface area contributed by atoms with Crippen LogP contribution in [0.15, 0.2) is 41.4 Å². The topological polar surface area (TPSA) is 84.7 Å². The number of amides is 1. The molecule has 0 atom stereocenters. The van der Waals surface area contributed by atoms with Crippen LogP contribution in [0.5, 0.6) is 0 Å². The molecule has 1 aliphatic rings. The van der Waals surface area contributed by atoms with Crippen LogP contribution in [0.4, 0.5) is 0 Å². The molecule has 5 nitrogen and oxygen atoms in total. The number of nitrogens with two attached hydrogens (primary N) is 2. The summed E-state index contributed by atoms with van der Waals surface area (Å²) in [5, 5.41) is 0. The molecule has 32 heavy (non-hydrogen) atoms. The predicted octanol–water partition coefficient (Wildman–Crippen LogP) is 4.67. The Morgan fingerprint density at radius 1 is 0.938 bits per heavy atom. The highest BCUT2D eigenvalue weighted by molar-refractivity contribution is 5.75. The Kier molecular flexibility index (Phi) is 6.68. The fourth-order valence-electron chi connectivity index (χ4n) is 4.57. The van der Waals surface area contributed by atoms with Crippen LogP contribution in [-0.2, 0) is 35.3 Å². The smallest absolute Gasteiger partial charge is 0.220 e. The van der Waals surface area contributed by atoms with Crippen molar-refractivity contribution in [1.29, 1.82) is 0 Å². The first-order valence-corrected chi connectivity index (χ1v) is 11.4. The van der Waals surface area contributed by atoms with Crippen molar-refractivity contribution in [3.63, 3.8) is 0 Å². The van der Waals surface area contributed by atoms with E-state index in [0.29, 0.717) is 19.6 Å². The molecule has 1 amide bonds. The first-order valence-electron chi connectivity index (χ1n) is 11.4. The number of benzene rings is 2. The maximum atomic E-state index is 12.5. The number of fused-ring (bicyclic) bond motifs is 1. The van der Waals surface area contributed by atoms with Crippen LogP contribution in [0.2, 0.25) is 0 Å². The van der Waals surface area contributed by atoms with Crippen molar-refractivity contribution >= 4 is 11.9 Å². The van der Waals surface area contributed by atoms with Crippen molar-refractivity contribution in [2.45, 2.75) is 84.8 Å². The molecular weight excluding hydrogens is 396 g/mol. The van der Waals surface area contributed by atoms with E-state index >= 15 is 0 Å². The van der Waals surface area contributed by atoms with Gasteiger partial charge in [-0.3, -0.25) is 4.79 Å². The van der Waals surface area contributed by atoms with Gasteiger partial charge in [-0.05, 0) is 64.0 Å². The van der Waals surface area contributed by atoms with E-state index in [9.17, 15) is 4.79 Å². The van der Waals surface area contributed by atoms with E-state index in [0.717, 1.165) is 11.1 Å². The van der Waals surface area contributed by atoms with Gasteiger partial charge in [0.15, 0.2) is 5.96 Å². The maximum Gasteiger partial charge on any atom is 0.220 e. The molecule has 0 spiro atoms. The van der Waals surface area contributed by atoms with Crippen LogP contribution in [0.1, 0.15) is 80.8 Å². The van der Waals surface area contributed by atoms with Crippen LogP contribution < -0.4 is 11.5 Å². The van der Waals surface area contributed by atoms with Crippen molar-refractivity contribution in [3.8, 4) is 0 Å². The van der Waals surface area contributed by atoms with Crippen LogP contribution in [0.25, 0.3) is 0 Å². The first-order chi connectivity index (χ1) is 14.9. The monoisotopic (exact) mass is 434 g/mol. The summed E-state index contributed by atoms with van der Waals surface area (Å²) in [6.45, 7) is 14.8. The minimum Gasteiger partial charge on any atom is -0.370 e. The quantitative estimate of drug-likeness (QED) is 0.512. The van der Waals surface area contributed by atoms with Crippen LogP contribution in [-0.4, -0.2) is 16.8 Å². The van der Waals surface area contributed by atoms with Crippen LogP contribution in [0.3, 0.4) is 0 Å². The number of guanidine groups is 1. The number of aryl methyl sites for hydroxylation is 1. The van der Waals surface area contributed by atoms with Crippen molar-refractivity contribution in [3.05, 3.63) is 69.8 Å². The summed E-state index contributed by atoms with van der Waals surface area (Å²) in [5.74, 6) is 0.162. The molecule has 0 saturated carbocycles. The molecular formula is C27H38N4O. The van der Waals surface area contributed by atoms with Gasteiger partial charge in [0.2, 0.25) is 5.91 Å². The van der Waals surface area contributed by atoms with Crippen LogP contribution in [0, 0.1) is 6.92 Å². The van der Waals surface area contributed by atoms with Gasteiger partial charge in [-0.15, -0.1) is 0 Å². The average molecular weight is 435 g/mol. The molecule has 3 rings (SSSR count). The fourth-order valence-corrected chi connectivity index (χ4v) is 4.57. The van der Waals surface area contributed by atoms with Gasteiger partial charge in [-0.2, -0.15) is 0 Å². The number of aliphatic imine (C=N–C) groups is 1. The van der Waals surface area contributed by atoms with Gasteiger partial charge in [0.05, 0.1) is 6.54 Å². The van der Waals surface area contributed by atoms with Gasteiger partial charge in [-0.25, -0.2) is 4.99 Å². The number of rotatable bonds is 6. The molecule has 5 heteroatoms. The minimum absolute atomic E-state index is 0.0753. The Morgan fingerprint density at radius 3 is 2.00 bits per heavy atom. The highest BCUT2D eigenvalue weighted by atomic mass is 16.2. The Morgan fingerprint density at radius 2 is 1.47 bits per heavy atom. The Labute approximate surface area is 192 Å². The molecule has 0 unspecified atom stereocenters. The third-order valence-electron chi connectivity index (χ3n) is 6.96. The molecule has 2 aromatic carbocycles. The SMILES string of the molecule is CC(=O)N(Cc1ccc(CN=C(N)N)cc1)Cc1cc2c(cc1C)C(C)(C)CCC2(C)C. The predicted molar refractivity (Wildman–Crippen MR) is 132 cm³/mol. The second-order valence-corrected chi connectivity index (χ2v) is 10.5. The lowest BCUT2D eigenvalue weighted by Crippen LogP contribution is -2.34. The molecule has 0 saturated heterocycles. The zero-order valence-electron chi connectivity index (χ0n) is 20.5. The van der Waals surface area contributed by atoms with E-state index in [1.807, 2.05) is 29.2 Å². The second kappa shape index (κ2) is 8.97. The number of carbonyl (C=O) groups is 1. The van der Waals surface area contributed by atoms with Crippen LogP contribution >= 0.6 is 0 Å². The summed E-state index contributed by atoms with van der Waals surface area (Å²) in [5.41, 5.74) is 18.7. The molecule has 172 valence electrons. The van der Waals surface area contributed by atoms with Gasteiger partial charge in [0.1, 0.15) is 0 Å². The lowest BCUT2D eigenvalue weighted by Gasteiger charge is -2.42. The molecule has 4 N–H and O–H groups in total. The highest BCUT2D eigenvalue weighted by Gasteiger charge is 2.37. The Hall–Kier alpha value is -2.82. The van der Waals surface area contributed by atoms with E-state index in [1.54, 1.807) is 6.92 Å². The molecule has 0 fully saturated rings. The largest absolute Gasteiger partial charge is 0.370 e. The highest BCUT2D eigenvalue weighted by Crippen LogP contribution is 2.46. The zero-order valence-corrected chi connectivity index (χ0v) is 20.5. The number of hydrogen-bond acceptors (Lipinski definition) is 2. The van der Waals surface area contributed by atoms with Crippen molar-refractivity contribution < 1.29 is 4.79 Å². The van der Waals surface area contributed by atoms with Gasteiger partial charge >= 0.3 is 0 Å². The molecule has 0 aliphatic heterocycles. The summed E-state index contributed by atoms with van der Waals surface area (Å²) in [6, 6.07) is 12.8. The number of nitrogens with zero attached hydrogens (tertiary/aromatic N) is 2. The molecule has 1 aliphatic carbocycles. The lowest BCUT2D eigenvalue weighted by atomic mass is 9.62. The Balaban J connectivity index is 1.84. The second-order valence-electron chi connectivity index (χ2n) is 10.5. The molecule has 2 aromatic rings. The van der Waals surface area contributed by atoms with E-state index in [4.69, 9.17) is 11.5 Å². The minimum atomic E-state index is 0.0753. The summed E-state index contributed by atoms with van der Waals surface area (Å²) in [6.07, 6.45) is 2.38. The first kappa shape index (κ1) is 23.8. The van der Waals surface area contributed by atoms with Gasteiger partial charge in [0.25, 0.3) is 0 Å². The van der Waals surface area contributed by atoms with Crippen molar-refractivity contribution in [1.82, 2.24) is 4.90 Å². The van der Waals surface area contributed by atoms with E-state index in [-0.39, 0.29) is 22.7 Å². The lowest BCUT2D eigenvalue weighted by molar-refractivity contribution is -0.130. The molecule has 0 heterocycles. The van der Waals surface area contributed by atoms with Gasteiger partial charge in [0, 0.05) is 20.0 Å². The molecule has 0 bridgehead atoms. The summed E-state index contributed by atoms with van der Waals surface area (Å²) in [4.78, 5) is 18.5. The van der Waals surface area contributed by atoms with E-state index < -0.39 is 0 Å². The van der Waals surface area contributed by atoms with E-state index in [2.05, 4.69) is 51.7 Å². The summed E-state index contributed by atoms with van der Waals surface area (Å²) >= 11 is 0. The third kappa shape index (κ3) is 5.32. The maximum absolute atomic E-state index is 12.5. The van der Waals surface area contributed by atoms with E-state index in [1.165, 1.54) is 35.1 Å². The number of hydrogen-bond donors (Lipinski definition) is 2. The third-order valence-corrected chi connectivity index (χ3v) is 6.96. The van der Waals surface area contributed by atoms with Gasteiger partial charge < -0.3 is 16.4 Å². The van der Waals surface area contributed by atoms with Crippen molar-refractivity contribution in [2.75, 3.05) is 0 Å². The van der Waals surface area contributed by atoms with Crippen molar-refractivity contribution in [2.24, 2.45) is 16.5 Å². The Bertz CT molecular complexity index is 1010. The summed E-state index contributed by atoms with van der Waals surface area (Å²) in [7, 11) is 0. The zero-order chi connectivity index (χ0) is 23.7. The average Bonchev–Trinajstić information content (AvgIpc) is 2.71. The number of carbonyl (C=O) groups excluding carboxylic acids is 1.